The summed E-state index contributed by atoms with van der Waals surface area (Å²) in [6.07, 6.45) is 4.53. The molecule has 0 fully saturated rings. The Labute approximate surface area is 105 Å². The minimum Gasteiger partial charge on any atom is -0.478 e. The number of pyridine rings is 1. The molecule has 5 nitrogen and oxygen atoms in total. The van der Waals surface area contributed by atoms with Crippen molar-refractivity contribution in [2.24, 2.45) is 0 Å². The van der Waals surface area contributed by atoms with Gasteiger partial charge in [0, 0.05) is 18.3 Å². The lowest BCUT2D eigenvalue weighted by Crippen LogP contribution is -2.22. The van der Waals surface area contributed by atoms with Gasteiger partial charge in [0.05, 0.1) is 18.4 Å². The zero-order valence-electron chi connectivity index (χ0n) is 10.1. The Morgan fingerprint density at radius 3 is 3.11 bits per heavy atom. The van der Waals surface area contributed by atoms with Crippen molar-refractivity contribution in [3.63, 3.8) is 0 Å². The molecule has 0 saturated heterocycles. The fourth-order valence-corrected chi connectivity index (χ4v) is 1.50. The minimum absolute atomic E-state index is 0.185. The summed E-state index contributed by atoms with van der Waals surface area (Å²) in [6.45, 7) is 2.80. The highest BCUT2D eigenvalue weighted by Crippen LogP contribution is 2.14. The number of ether oxygens (including phenoxy) is 1. The van der Waals surface area contributed by atoms with Crippen molar-refractivity contribution in [3.05, 3.63) is 48.0 Å². The van der Waals surface area contributed by atoms with E-state index in [1.165, 1.54) is 12.5 Å². The Kier molecular flexibility index (Phi) is 3.96. The largest absolute Gasteiger partial charge is 0.478 e. The van der Waals surface area contributed by atoms with Crippen LogP contribution < -0.4 is 10.1 Å². The second-order valence-corrected chi connectivity index (χ2v) is 3.60. The summed E-state index contributed by atoms with van der Waals surface area (Å²) in [5.41, 5.74) is 1.34. The molecule has 5 heteroatoms. The van der Waals surface area contributed by atoms with E-state index >= 15 is 0 Å². The van der Waals surface area contributed by atoms with E-state index in [9.17, 15) is 4.79 Å². The highest BCUT2D eigenvalue weighted by Gasteiger charge is 2.09. The van der Waals surface area contributed by atoms with E-state index in [1.807, 2.05) is 19.1 Å². The molecule has 0 aromatic carbocycles. The first-order valence-electron chi connectivity index (χ1n) is 5.68. The van der Waals surface area contributed by atoms with Crippen LogP contribution in [0.5, 0.6) is 5.88 Å². The number of aromatic nitrogens is 1. The molecule has 0 bridgehead atoms. The second kappa shape index (κ2) is 5.86. The second-order valence-electron chi connectivity index (χ2n) is 3.60. The molecule has 0 aliphatic rings. The number of furan rings is 1. The smallest absolute Gasteiger partial charge is 0.254 e. The third-order valence-electron chi connectivity index (χ3n) is 2.35. The maximum absolute atomic E-state index is 11.7. The number of hydrogen-bond acceptors (Lipinski definition) is 4. The number of nitrogens with zero attached hydrogens (tertiary/aromatic N) is 1. The molecule has 0 aliphatic carbocycles. The molecule has 0 unspecified atom stereocenters. The van der Waals surface area contributed by atoms with Crippen LogP contribution in [0.15, 0.2) is 41.3 Å². The van der Waals surface area contributed by atoms with Crippen LogP contribution in [0.3, 0.4) is 0 Å². The monoisotopic (exact) mass is 246 g/mol. The van der Waals surface area contributed by atoms with Gasteiger partial charge in [0.1, 0.15) is 6.26 Å². The highest BCUT2D eigenvalue weighted by atomic mass is 16.5. The average molecular weight is 246 g/mol. The Morgan fingerprint density at radius 2 is 2.39 bits per heavy atom. The highest BCUT2D eigenvalue weighted by molar-refractivity contribution is 5.93. The molecule has 1 amide bonds. The fourth-order valence-electron chi connectivity index (χ4n) is 1.50. The number of carbonyl (C=O) groups is 1. The van der Waals surface area contributed by atoms with Gasteiger partial charge in [-0.1, -0.05) is 6.07 Å². The Hall–Kier alpha value is -2.30. The Balaban J connectivity index is 2.00. The lowest BCUT2D eigenvalue weighted by Gasteiger charge is -2.09. The quantitative estimate of drug-likeness (QED) is 0.876. The molecular weight excluding hydrogens is 232 g/mol. The molecule has 2 aromatic heterocycles. The van der Waals surface area contributed by atoms with E-state index in [-0.39, 0.29) is 5.91 Å². The zero-order valence-corrected chi connectivity index (χ0v) is 10.1. The van der Waals surface area contributed by atoms with Crippen molar-refractivity contribution in [1.82, 2.24) is 10.3 Å². The number of hydrogen-bond donors (Lipinski definition) is 1. The molecule has 0 radical (unpaired) electrons. The van der Waals surface area contributed by atoms with Crippen molar-refractivity contribution < 1.29 is 13.9 Å². The van der Waals surface area contributed by atoms with Crippen LogP contribution >= 0.6 is 0 Å². The van der Waals surface area contributed by atoms with Crippen molar-refractivity contribution in [3.8, 4) is 5.88 Å². The van der Waals surface area contributed by atoms with Gasteiger partial charge in [-0.05, 0) is 19.1 Å². The van der Waals surface area contributed by atoms with Gasteiger partial charge >= 0.3 is 0 Å². The summed E-state index contributed by atoms with van der Waals surface area (Å²) in [6, 6.07) is 5.29. The number of nitrogens with one attached hydrogen (secondary N) is 1. The number of rotatable bonds is 5. The van der Waals surface area contributed by atoms with Crippen molar-refractivity contribution >= 4 is 5.91 Å². The first kappa shape index (κ1) is 12.2. The first-order valence-corrected chi connectivity index (χ1v) is 5.68. The minimum atomic E-state index is -0.185. The maximum Gasteiger partial charge on any atom is 0.254 e. The predicted molar refractivity (Wildman–Crippen MR) is 65.3 cm³/mol. The maximum atomic E-state index is 11.7. The summed E-state index contributed by atoms with van der Waals surface area (Å²) in [5, 5.41) is 2.78. The summed E-state index contributed by atoms with van der Waals surface area (Å²) >= 11 is 0. The molecule has 1 N–H and O–H groups in total. The van der Waals surface area contributed by atoms with E-state index in [2.05, 4.69) is 10.3 Å². The molecule has 2 heterocycles. The Morgan fingerprint density at radius 1 is 1.50 bits per heavy atom. The van der Waals surface area contributed by atoms with Gasteiger partial charge in [-0.15, -0.1) is 0 Å². The molecule has 0 saturated carbocycles. The summed E-state index contributed by atoms with van der Waals surface area (Å²) in [7, 11) is 0. The van der Waals surface area contributed by atoms with Crippen molar-refractivity contribution in [2.45, 2.75) is 13.5 Å². The van der Waals surface area contributed by atoms with Crippen LogP contribution in [0.2, 0.25) is 0 Å². The molecule has 2 rings (SSSR count). The van der Waals surface area contributed by atoms with Crippen molar-refractivity contribution in [1.29, 1.82) is 0 Å². The third kappa shape index (κ3) is 2.88. The van der Waals surface area contributed by atoms with E-state index in [1.54, 1.807) is 12.3 Å². The van der Waals surface area contributed by atoms with E-state index in [0.717, 1.165) is 5.56 Å². The van der Waals surface area contributed by atoms with Gasteiger partial charge in [0.2, 0.25) is 5.88 Å². The van der Waals surface area contributed by atoms with Crippen LogP contribution in [0.1, 0.15) is 22.8 Å². The molecule has 18 heavy (non-hydrogen) atoms. The normalized spacial score (nSPS) is 10.1. The van der Waals surface area contributed by atoms with Gasteiger partial charge < -0.3 is 14.5 Å². The Bertz CT molecular complexity index is 509. The number of carbonyl (C=O) groups excluding carboxylic acids is 1. The average Bonchev–Trinajstić information content (AvgIpc) is 2.92. The lowest BCUT2D eigenvalue weighted by molar-refractivity contribution is 0.0950. The van der Waals surface area contributed by atoms with Crippen LogP contribution in [0, 0.1) is 0 Å². The molecular formula is C13H14N2O3. The van der Waals surface area contributed by atoms with E-state index in [4.69, 9.17) is 9.15 Å². The van der Waals surface area contributed by atoms with Crippen molar-refractivity contribution in [2.75, 3.05) is 6.61 Å². The first-order chi connectivity index (χ1) is 8.81. The van der Waals surface area contributed by atoms with Gasteiger partial charge in [-0.2, -0.15) is 0 Å². The predicted octanol–water partition coefficient (Wildman–Crippen LogP) is 2.00. The van der Waals surface area contributed by atoms with Crippen LogP contribution in [-0.4, -0.2) is 17.5 Å². The summed E-state index contributed by atoms with van der Waals surface area (Å²) < 4.78 is 10.2. The zero-order chi connectivity index (χ0) is 12.8. The van der Waals surface area contributed by atoms with E-state index in [0.29, 0.717) is 24.6 Å². The van der Waals surface area contributed by atoms with Gasteiger partial charge in [-0.3, -0.25) is 4.79 Å². The fraction of sp³-hybridized carbons (Fsp3) is 0.231. The van der Waals surface area contributed by atoms with Crippen LogP contribution in [0.25, 0.3) is 0 Å². The summed E-state index contributed by atoms with van der Waals surface area (Å²) in [5.74, 6) is 0.363. The van der Waals surface area contributed by atoms with Gasteiger partial charge in [0.15, 0.2) is 0 Å². The third-order valence-corrected chi connectivity index (χ3v) is 2.35. The van der Waals surface area contributed by atoms with Gasteiger partial charge in [-0.25, -0.2) is 4.98 Å². The SMILES string of the molecule is CCOc1ncccc1CNC(=O)c1ccoc1. The van der Waals surface area contributed by atoms with Gasteiger partial charge in [0.25, 0.3) is 5.91 Å². The molecule has 2 aromatic rings. The molecule has 0 spiro atoms. The lowest BCUT2D eigenvalue weighted by atomic mass is 10.2. The molecule has 94 valence electrons. The van der Waals surface area contributed by atoms with Crippen LogP contribution in [-0.2, 0) is 6.54 Å². The van der Waals surface area contributed by atoms with Crippen LogP contribution in [0.4, 0.5) is 0 Å². The molecule has 0 atom stereocenters. The number of amides is 1. The summed E-state index contributed by atoms with van der Waals surface area (Å²) in [4.78, 5) is 15.8. The standard InChI is InChI=1S/C13H14N2O3/c1-2-18-13-10(4-3-6-14-13)8-15-12(16)11-5-7-17-9-11/h3-7,9H,2,8H2,1H3,(H,15,16). The topological polar surface area (TPSA) is 64.4 Å². The van der Waals surface area contributed by atoms with E-state index < -0.39 is 0 Å². The molecule has 0 aliphatic heterocycles.